The van der Waals surface area contributed by atoms with Gasteiger partial charge in [0.2, 0.25) is 11.9 Å². The van der Waals surface area contributed by atoms with Crippen LogP contribution in [0.1, 0.15) is 11.0 Å². The standard InChI is InChI=1S/C57H34N6S/c1-8-27-45-35(17-1)36-18-2-9-28-46(36)61(45)51-33-16-24-42(44-26-15-25-43-41-23-7-14-34-52(41)64-54(43)44)53(51)55-58-56(62-47-29-10-3-19-37(47)38-20-4-11-30-48(38)62)60-57(59-55)63-49-31-12-5-21-39(49)40-22-6-13-32-50(40)63/h1-34H/i3D,4D,10D,11D,19D,20D,29D,30D. The maximum Gasteiger partial charge on any atom is 0.240 e. The van der Waals surface area contributed by atoms with Crippen LogP contribution < -0.4 is 0 Å². The number of thiophene rings is 1. The van der Waals surface area contributed by atoms with Gasteiger partial charge in [0.15, 0.2) is 5.82 Å². The molecule has 0 atom stereocenters. The second-order valence-corrected chi connectivity index (χ2v) is 16.8. The lowest BCUT2D eigenvalue weighted by Gasteiger charge is -2.19. The fraction of sp³-hybridized carbons (Fsp3) is 0. The SMILES string of the molecule is [2H]c1c([2H])c([2H])c2c(c1[2H])c1c([2H])c([2H])c([2H])c([2H])c1n2-c1nc(-c2c(-c3cccc4c3sc3ccccc34)cccc2-n2c3ccccc3c3ccccc32)nc(-n2c3ccccc3c3ccccc32)n1. The van der Waals surface area contributed by atoms with E-state index in [2.05, 4.69) is 71.3 Å². The lowest BCUT2D eigenvalue weighted by atomic mass is 9.95. The molecule has 0 N–H and O–H groups in total. The quantitative estimate of drug-likeness (QED) is 0.173. The minimum Gasteiger partial charge on any atom is -0.308 e. The molecule has 0 radical (unpaired) electrons. The van der Waals surface area contributed by atoms with Crippen molar-refractivity contribution in [1.29, 1.82) is 0 Å². The van der Waals surface area contributed by atoms with Crippen molar-refractivity contribution in [1.82, 2.24) is 28.7 Å². The molecule has 0 aliphatic rings. The molecule has 0 fully saturated rings. The van der Waals surface area contributed by atoms with Crippen molar-refractivity contribution in [2.75, 3.05) is 0 Å². The minimum atomic E-state index is -0.542. The van der Waals surface area contributed by atoms with Crippen LogP contribution in [0.3, 0.4) is 0 Å². The average molecular weight is 843 g/mol. The highest BCUT2D eigenvalue weighted by molar-refractivity contribution is 7.26. The molecule has 0 unspecified atom stereocenters. The van der Waals surface area contributed by atoms with Gasteiger partial charge in [-0.25, -0.2) is 0 Å². The first kappa shape index (κ1) is 28.3. The fourth-order valence-electron chi connectivity index (χ4n) is 9.75. The Hall–Kier alpha value is -8.39. The number of hydrogen-bond acceptors (Lipinski definition) is 4. The molecular formula is C57H34N6S. The zero-order valence-electron chi connectivity index (χ0n) is 41.6. The third-order valence-electron chi connectivity index (χ3n) is 12.4. The Morgan fingerprint density at radius 1 is 0.359 bits per heavy atom. The van der Waals surface area contributed by atoms with E-state index in [4.69, 9.17) is 20.4 Å². The van der Waals surface area contributed by atoms with Crippen LogP contribution in [-0.4, -0.2) is 28.7 Å². The highest BCUT2D eigenvalue weighted by Gasteiger charge is 2.26. The number of benzene rings is 9. The molecule has 5 aromatic heterocycles. The first-order chi connectivity index (χ1) is 35.1. The van der Waals surface area contributed by atoms with Crippen molar-refractivity contribution in [3.05, 3.63) is 206 Å². The van der Waals surface area contributed by atoms with Gasteiger partial charge >= 0.3 is 0 Å². The predicted molar refractivity (Wildman–Crippen MR) is 267 cm³/mol. The Kier molecular flexibility index (Phi) is 5.98. The molecule has 6 nitrogen and oxygen atoms in total. The van der Waals surface area contributed by atoms with Gasteiger partial charge in [0, 0.05) is 58.1 Å². The van der Waals surface area contributed by atoms with Gasteiger partial charge in [0.05, 0.1) is 55.3 Å². The van der Waals surface area contributed by atoms with Crippen molar-refractivity contribution in [3.8, 4) is 40.1 Å². The third kappa shape index (κ3) is 4.98. The van der Waals surface area contributed by atoms with Gasteiger partial charge in [-0.1, -0.05) is 158 Å². The molecule has 0 saturated carbocycles. The maximum atomic E-state index is 9.47. The predicted octanol–water partition coefficient (Wildman–Crippen LogP) is 14.9. The van der Waals surface area contributed by atoms with Crippen LogP contribution >= 0.6 is 11.3 Å². The van der Waals surface area contributed by atoms with Crippen molar-refractivity contribution >= 4 is 96.9 Å². The van der Waals surface area contributed by atoms with E-state index in [-0.39, 0.29) is 39.5 Å². The molecule has 0 saturated heterocycles. The van der Waals surface area contributed by atoms with Crippen LogP contribution in [0.4, 0.5) is 0 Å². The van der Waals surface area contributed by atoms with E-state index in [9.17, 15) is 5.48 Å². The molecule has 0 aliphatic heterocycles. The monoisotopic (exact) mass is 842 g/mol. The molecule has 0 aliphatic carbocycles. The molecule has 14 rings (SSSR count). The topological polar surface area (TPSA) is 53.5 Å². The van der Waals surface area contributed by atoms with E-state index in [1.165, 1.54) is 4.57 Å². The van der Waals surface area contributed by atoms with E-state index in [1.807, 2.05) is 95.6 Å². The molecule has 14 aromatic rings. The summed E-state index contributed by atoms with van der Waals surface area (Å²) in [7, 11) is 0. The van der Waals surface area contributed by atoms with Crippen LogP contribution in [0.5, 0.6) is 0 Å². The fourth-order valence-corrected chi connectivity index (χ4v) is 11.0. The number of rotatable bonds is 5. The van der Waals surface area contributed by atoms with Crippen LogP contribution in [-0.2, 0) is 0 Å². The summed E-state index contributed by atoms with van der Waals surface area (Å²) in [5.74, 6) is 0.265. The minimum absolute atomic E-state index is 0.0776. The molecule has 0 amide bonds. The summed E-state index contributed by atoms with van der Waals surface area (Å²) in [4.78, 5) is 16.2. The lowest BCUT2D eigenvalue weighted by molar-refractivity contribution is 0.892. The van der Waals surface area contributed by atoms with Gasteiger partial charge in [-0.3, -0.25) is 9.13 Å². The Balaban J connectivity index is 1.21. The zero-order valence-corrected chi connectivity index (χ0v) is 34.4. The summed E-state index contributed by atoms with van der Waals surface area (Å²) in [5, 5.41) is 6.06. The van der Waals surface area contributed by atoms with E-state index in [0.29, 0.717) is 5.56 Å². The molecule has 9 aromatic carbocycles. The molecule has 5 heterocycles. The number of para-hydroxylation sites is 6. The van der Waals surface area contributed by atoms with Gasteiger partial charge in [-0.05, 0) is 54.0 Å². The smallest absolute Gasteiger partial charge is 0.240 e. The Bertz CT molecular complexity index is 4520. The van der Waals surface area contributed by atoms with Crippen LogP contribution in [0.2, 0.25) is 0 Å². The molecule has 298 valence electrons. The molecule has 0 spiro atoms. The summed E-state index contributed by atoms with van der Waals surface area (Å²) in [6, 6.07) is 49.3. The van der Waals surface area contributed by atoms with Crippen LogP contribution in [0.15, 0.2) is 206 Å². The molecular weight excluding hydrogens is 801 g/mol. The molecule has 64 heavy (non-hydrogen) atoms. The van der Waals surface area contributed by atoms with Crippen LogP contribution in [0.25, 0.3) is 126 Å². The second-order valence-electron chi connectivity index (χ2n) is 15.8. The van der Waals surface area contributed by atoms with E-state index < -0.39 is 48.3 Å². The van der Waals surface area contributed by atoms with E-state index in [0.717, 1.165) is 80.6 Å². The molecule has 0 bridgehead atoms. The zero-order chi connectivity index (χ0) is 48.8. The van der Waals surface area contributed by atoms with Gasteiger partial charge in [0.1, 0.15) is 0 Å². The number of aromatic nitrogens is 6. The second kappa shape index (κ2) is 13.6. The van der Waals surface area contributed by atoms with Crippen molar-refractivity contribution in [3.63, 3.8) is 0 Å². The first-order valence-corrected chi connectivity index (χ1v) is 21.7. The van der Waals surface area contributed by atoms with Crippen LogP contribution in [0, 0.1) is 0 Å². The first-order valence-electron chi connectivity index (χ1n) is 24.9. The van der Waals surface area contributed by atoms with Crippen molar-refractivity contribution < 1.29 is 11.0 Å². The Morgan fingerprint density at radius 3 is 1.41 bits per heavy atom. The average Bonchev–Trinajstić information content (AvgIpc) is 4.17. The third-order valence-corrected chi connectivity index (χ3v) is 13.6. The van der Waals surface area contributed by atoms with E-state index >= 15 is 0 Å². The van der Waals surface area contributed by atoms with E-state index in [1.54, 1.807) is 11.3 Å². The highest BCUT2D eigenvalue weighted by atomic mass is 32.1. The van der Waals surface area contributed by atoms with Gasteiger partial charge < -0.3 is 4.57 Å². The highest BCUT2D eigenvalue weighted by Crippen LogP contribution is 2.46. The maximum absolute atomic E-state index is 9.47. The van der Waals surface area contributed by atoms with Gasteiger partial charge in [-0.2, -0.15) is 15.0 Å². The lowest BCUT2D eigenvalue weighted by Crippen LogP contribution is -2.11. The summed E-state index contributed by atoms with van der Waals surface area (Å²) in [6.07, 6.45) is 0. The summed E-state index contributed by atoms with van der Waals surface area (Å²) < 4.78 is 80.6. The largest absolute Gasteiger partial charge is 0.308 e. The Labute approximate surface area is 381 Å². The Morgan fingerprint density at radius 2 is 0.812 bits per heavy atom. The molecule has 7 heteroatoms. The van der Waals surface area contributed by atoms with Crippen molar-refractivity contribution in [2.24, 2.45) is 0 Å². The van der Waals surface area contributed by atoms with Gasteiger partial charge in [-0.15, -0.1) is 11.3 Å². The number of fused-ring (bicyclic) bond motifs is 12. The van der Waals surface area contributed by atoms with Crippen molar-refractivity contribution in [2.45, 2.75) is 0 Å². The number of hydrogen-bond donors (Lipinski definition) is 0. The normalized spacial score (nSPS) is 13.8. The summed E-state index contributed by atoms with van der Waals surface area (Å²) in [5.41, 5.74) is 6.40. The van der Waals surface area contributed by atoms with Gasteiger partial charge in [0.25, 0.3) is 0 Å². The number of nitrogens with zero attached hydrogens (tertiary/aromatic N) is 6. The summed E-state index contributed by atoms with van der Waals surface area (Å²) >= 11 is 1.70. The summed E-state index contributed by atoms with van der Waals surface area (Å²) in [6.45, 7) is 0.